The predicted octanol–water partition coefficient (Wildman–Crippen LogP) is 5.76. The molecule has 204 valence electrons. The molecule has 3 aromatic rings. The lowest BCUT2D eigenvalue weighted by molar-refractivity contribution is -0.138. The third kappa shape index (κ3) is 5.60. The molecule has 0 bridgehead atoms. The Bertz CT molecular complexity index is 1350. The van der Waals surface area contributed by atoms with E-state index in [4.69, 9.17) is 0 Å². The van der Waals surface area contributed by atoms with Crippen LogP contribution in [0, 0.1) is 13.8 Å². The summed E-state index contributed by atoms with van der Waals surface area (Å²) in [5.41, 5.74) is -0.450. The van der Waals surface area contributed by atoms with Gasteiger partial charge in [-0.05, 0) is 66.8 Å². The van der Waals surface area contributed by atoms with Crippen molar-refractivity contribution in [1.29, 1.82) is 0 Å². The fraction of sp³-hybridized carbons (Fsp3) is 0.440. The molecule has 1 atom stereocenters. The number of nitrogens with zero attached hydrogens (tertiary/aromatic N) is 6. The Morgan fingerprint density at radius 2 is 1.76 bits per heavy atom. The molecular formula is C25H26F6N6O. The molecule has 1 aromatic heterocycles. The average Bonchev–Trinajstić information content (AvgIpc) is 3.13. The van der Waals surface area contributed by atoms with E-state index in [2.05, 4.69) is 15.4 Å². The second kappa shape index (κ2) is 9.91. The summed E-state index contributed by atoms with van der Waals surface area (Å²) in [6, 6.07) is 5.41. The van der Waals surface area contributed by atoms with Crippen molar-refractivity contribution >= 4 is 17.5 Å². The highest BCUT2D eigenvalue weighted by atomic mass is 19.4. The third-order valence-corrected chi connectivity index (χ3v) is 6.52. The van der Waals surface area contributed by atoms with E-state index >= 15 is 0 Å². The summed E-state index contributed by atoms with van der Waals surface area (Å²) < 4.78 is 82.0. The first-order chi connectivity index (χ1) is 17.6. The van der Waals surface area contributed by atoms with E-state index in [1.165, 1.54) is 36.7 Å². The minimum Gasteiger partial charge on any atom is -0.327 e. The Balaban J connectivity index is 1.89. The maximum atomic E-state index is 13.8. The van der Waals surface area contributed by atoms with Crippen LogP contribution < -0.4 is 9.80 Å². The Morgan fingerprint density at radius 1 is 1.05 bits per heavy atom. The van der Waals surface area contributed by atoms with Crippen molar-refractivity contribution in [3.8, 4) is 0 Å². The number of aromatic nitrogens is 4. The van der Waals surface area contributed by atoms with Crippen LogP contribution in [0.4, 0.5) is 38.0 Å². The molecule has 1 amide bonds. The molecule has 4 rings (SSSR count). The van der Waals surface area contributed by atoms with Crippen LogP contribution in [0.25, 0.3) is 0 Å². The average molecular weight is 541 g/mol. The van der Waals surface area contributed by atoms with Gasteiger partial charge in [0, 0.05) is 25.7 Å². The minimum absolute atomic E-state index is 0.0337. The second-order valence-corrected chi connectivity index (χ2v) is 9.46. The number of aryl methyl sites for hydroxylation is 3. The number of halogens is 6. The van der Waals surface area contributed by atoms with Crippen LogP contribution in [0.2, 0.25) is 0 Å². The lowest BCUT2D eigenvalue weighted by Crippen LogP contribution is -2.31. The summed E-state index contributed by atoms with van der Waals surface area (Å²) in [4.78, 5) is 16.6. The lowest BCUT2D eigenvalue weighted by atomic mass is 9.94. The first kappa shape index (κ1) is 27.4. The van der Waals surface area contributed by atoms with Crippen molar-refractivity contribution in [2.75, 3.05) is 16.3 Å². The van der Waals surface area contributed by atoms with E-state index in [0.29, 0.717) is 29.5 Å². The molecule has 0 spiro atoms. The summed E-state index contributed by atoms with van der Waals surface area (Å²) in [5.74, 6) is -0.311. The van der Waals surface area contributed by atoms with E-state index in [1.807, 2.05) is 0 Å². The highest BCUT2D eigenvalue weighted by Gasteiger charge is 2.38. The summed E-state index contributed by atoms with van der Waals surface area (Å²) in [6.07, 6.45) is -8.38. The van der Waals surface area contributed by atoms with Gasteiger partial charge in [-0.2, -0.15) is 31.1 Å². The van der Waals surface area contributed by atoms with Gasteiger partial charge in [0.2, 0.25) is 5.91 Å². The third-order valence-electron chi connectivity index (χ3n) is 6.52. The number of tetrazole rings is 1. The molecule has 38 heavy (non-hydrogen) atoms. The molecule has 0 aliphatic carbocycles. The molecule has 7 nitrogen and oxygen atoms in total. The Kier molecular flexibility index (Phi) is 7.15. The minimum atomic E-state index is -4.63. The van der Waals surface area contributed by atoms with Crippen molar-refractivity contribution in [1.82, 2.24) is 20.2 Å². The number of carbonyl (C=O) groups is 1. The van der Waals surface area contributed by atoms with Crippen LogP contribution >= 0.6 is 0 Å². The van der Waals surface area contributed by atoms with Crippen molar-refractivity contribution in [2.24, 2.45) is 7.05 Å². The normalized spacial score (nSPS) is 16.3. The number of anilines is 2. The van der Waals surface area contributed by atoms with E-state index in [-0.39, 0.29) is 30.3 Å². The number of fused-ring (bicyclic) bond motifs is 1. The SMILES string of the molecule is CC(=O)N1CCC[C@H](N(Cc2cc(C)cc(C(F)(F)F)c2)c2nnn(C)n2)c2cc(C)c(C(F)(F)F)cc21. The highest BCUT2D eigenvalue weighted by molar-refractivity contribution is 5.93. The zero-order chi connectivity index (χ0) is 28.0. The van der Waals surface area contributed by atoms with Crippen LogP contribution in [-0.2, 0) is 30.7 Å². The second-order valence-electron chi connectivity index (χ2n) is 9.46. The summed E-state index contributed by atoms with van der Waals surface area (Å²) in [5, 5.41) is 12.2. The van der Waals surface area contributed by atoms with Crippen LogP contribution in [-0.4, -0.2) is 32.7 Å². The quantitative estimate of drug-likeness (QED) is 0.394. The maximum absolute atomic E-state index is 13.8. The predicted molar refractivity (Wildman–Crippen MR) is 127 cm³/mol. The molecular weight excluding hydrogens is 514 g/mol. The summed E-state index contributed by atoms with van der Waals surface area (Å²) in [7, 11) is 1.53. The van der Waals surface area contributed by atoms with Gasteiger partial charge < -0.3 is 9.80 Å². The maximum Gasteiger partial charge on any atom is 0.416 e. The van der Waals surface area contributed by atoms with Gasteiger partial charge in [0.1, 0.15) is 0 Å². The first-order valence-corrected chi connectivity index (χ1v) is 11.8. The van der Waals surface area contributed by atoms with Crippen molar-refractivity contribution in [3.63, 3.8) is 0 Å². The van der Waals surface area contributed by atoms with Crippen LogP contribution in [0.5, 0.6) is 0 Å². The van der Waals surface area contributed by atoms with Crippen LogP contribution in [0.3, 0.4) is 0 Å². The van der Waals surface area contributed by atoms with Crippen molar-refractivity contribution < 1.29 is 31.1 Å². The van der Waals surface area contributed by atoms with Crippen molar-refractivity contribution in [3.05, 3.63) is 63.7 Å². The molecule has 0 fully saturated rings. The fourth-order valence-electron chi connectivity index (χ4n) is 4.92. The van der Waals surface area contributed by atoms with Gasteiger partial charge in [0.15, 0.2) is 0 Å². The molecule has 13 heteroatoms. The molecule has 1 aliphatic rings. The molecule has 0 unspecified atom stereocenters. The molecule has 0 N–H and O–H groups in total. The molecule has 0 saturated heterocycles. The van der Waals surface area contributed by atoms with Gasteiger partial charge in [0.05, 0.1) is 24.2 Å². The van der Waals surface area contributed by atoms with E-state index in [0.717, 1.165) is 18.2 Å². The molecule has 1 aliphatic heterocycles. The zero-order valence-corrected chi connectivity index (χ0v) is 21.2. The number of alkyl halides is 6. The zero-order valence-electron chi connectivity index (χ0n) is 21.2. The lowest BCUT2D eigenvalue weighted by Gasteiger charge is -2.33. The number of benzene rings is 2. The number of hydrogen-bond donors (Lipinski definition) is 0. The summed E-state index contributed by atoms with van der Waals surface area (Å²) >= 11 is 0. The summed E-state index contributed by atoms with van der Waals surface area (Å²) in [6.45, 7) is 4.29. The van der Waals surface area contributed by atoms with Gasteiger partial charge in [-0.15, -0.1) is 5.10 Å². The van der Waals surface area contributed by atoms with Crippen LogP contribution in [0.15, 0.2) is 30.3 Å². The fourth-order valence-corrected chi connectivity index (χ4v) is 4.92. The topological polar surface area (TPSA) is 67.2 Å². The van der Waals surface area contributed by atoms with E-state index in [9.17, 15) is 31.1 Å². The van der Waals surface area contributed by atoms with E-state index in [1.54, 1.807) is 17.9 Å². The van der Waals surface area contributed by atoms with Gasteiger partial charge in [-0.25, -0.2) is 0 Å². The smallest absolute Gasteiger partial charge is 0.327 e. The van der Waals surface area contributed by atoms with E-state index < -0.39 is 35.4 Å². The molecule has 0 radical (unpaired) electrons. The Morgan fingerprint density at radius 3 is 2.34 bits per heavy atom. The van der Waals surface area contributed by atoms with Gasteiger partial charge in [-0.3, -0.25) is 4.79 Å². The molecule has 2 heterocycles. The number of amides is 1. The van der Waals surface area contributed by atoms with Crippen molar-refractivity contribution in [2.45, 2.75) is 58.6 Å². The Hall–Kier alpha value is -3.64. The monoisotopic (exact) mass is 540 g/mol. The first-order valence-electron chi connectivity index (χ1n) is 11.8. The Labute approximate surface area is 215 Å². The number of carbonyl (C=O) groups excluding carboxylic acids is 1. The van der Waals surface area contributed by atoms with Gasteiger partial charge >= 0.3 is 12.4 Å². The largest absolute Gasteiger partial charge is 0.416 e. The van der Waals surface area contributed by atoms with Gasteiger partial charge in [0.25, 0.3) is 5.95 Å². The van der Waals surface area contributed by atoms with Gasteiger partial charge in [-0.1, -0.05) is 22.8 Å². The highest BCUT2D eigenvalue weighted by Crippen LogP contribution is 2.43. The molecule has 2 aromatic carbocycles. The molecule has 0 saturated carbocycles. The number of hydrogen-bond acceptors (Lipinski definition) is 5. The van der Waals surface area contributed by atoms with Crippen LogP contribution in [0.1, 0.15) is 59.2 Å². The number of rotatable bonds is 4. The standard InChI is InChI=1S/C25H26F6N6O/c1-14-8-17(11-18(9-14)24(26,27)28)13-37(23-32-34-35(4)33-23)21-6-5-7-36(16(3)38)22-12-20(25(29,30)31)15(2)10-19(21)22/h8-12,21H,5-7,13H2,1-4H3/t21-/m0/s1.